The lowest BCUT2D eigenvalue weighted by Crippen LogP contribution is -2.24. The average molecular weight is 502 g/mol. The van der Waals surface area contributed by atoms with E-state index in [0.717, 1.165) is 61.7 Å². The van der Waals surface area contributed by atoms with E-state index < -0.39 is 0 Å². The molecule has 0 aliphatic carbocycles. The van der Waals surface area contributed by atoms with Gasteiger partial charge in [0.1, 0.15) is 11.6 Å². The first-order valence-electron chi connectivity index (χ1n) is 13.5. The summed E-state index contributed by atoms with van der Waals surface area (Å²) in [6, 6.07) is 39.3. The first-order chi connectivity index (χ1) is 18.7. The number of hydrogen-bond donors (Lipinski definition) is 1. The minimum atomic E-state index is 0.292. The Bertz CT molecular complexity index is 1410. The molecule has 0 saturated carbocycles. The van der Waals surface area contributed by atoms with E-state index in [4.69, 9.17) is 4.98 Å². The predicted octanol–water partition coefficient (Wildman–Crippen LogP) is 7.93. The summed E-state index contributed by atoms with van der Waals surface area (Å²) in [5, 5.41) is 9.83. The topological polar surface area (TPSA) is 41.3 Å². The molecule has 1 N–H and O–H groups in total. The molecule has 38 heavy (non-hydrogen) atoms. The second-order valence-corrected chi connectivity index (χ2v) is 9.77. The van der Waals surface area contributed by atoms with Crippen molar-refractivity contribution >= 4 is 0 Å². The van der Waals surface area contributed by atoms with Gasteiger partial charge in [-0.2, -0.15) is 0 Å². The molecule has 0 aliphatic heterocycles. The maximum Gasteiger partial charge on any atom is 0.140 e. The summed E-state index contributed by atoms with van der Waals surface area (Å²) in [6.45, 7) is 5.50. The summed E-state index contributed by atoms with van der Waals surface area (Å²) in [4.78, 5) is 7.76. The Kier molecular flexibility index (Phi) is 8.32. The number of rotatable bonds is 11. The van der Waals surface area contributed by atoms with Crippen LogP contribution in [0.1, 0.15) is 36.6 Å². The van der Waals surface area contributed by atoms with E-state index in [1.807, 2.05) is 12.1 Å². The van der Waals surface area contributed by atoms with Crippen LogP contribution >= 0.6 is 0 Å². The van der Waals surface area contributed by atoms with Crippen molar-refractivity contribution in [3.8, 4) is 28.4 Å². The van der Waals surface area contributed by atoms with Crippen LogP contribution in [0.5, 0.6) is 5.75 Å². The van der Waals surface area contributed by atoms with Gasteiger partial charge in [-0.05, 0) is 29.7 Å². The highest BCUT2D eigenvalue weighted by molar-refractivity contribution is 5.68. The lowest BCUT2D eigenvalue weighted by Gasteiger charge is -2.24. The molecule has 192 valence electrons. The van der Waals surface area contributed by atoms with Crippen LogP contribution in [0.25, 0.3) is 22.6 Å². The maximum absolute atomic E-state index is 9.83. The fraction of sp³-hybridized carbons (Fsp3) is 0.206. The highest BCUT2D eigenvalue weighted by Crippen LogP contribution is 2.31. The lowest BCUT2D eigenvalue weighted by atomic mass is 10.1. The molecule has 5 rings (SSSR count). The first-order valence-corrected chi connectivity index (χ1v) is 13.5. The van der Waals surface area contributed by atoms with E-state index in [9.17, 15) is 5.11 Å². The van der Waals surface area contributed by atoms with Gasteiger partial charge in [0.05, 0.1) is 11.4 Å². The summed E-state index contributed by atoms with van der Waals surface area (Å²) in [7, 11) is 0. The van der Waals surface area contributed by atoms with E-state index in [1.165, 1.54) is 16.8 Å². The third kappa shape index (κ3) is 6.21. The van der Waals surface area contributed by atoms with Gasteiger partial charge in [-0.3, -0.25) is 4.90 Å². The van der Waals surface area contributed by atoms with Crippen molar-refractivity contribution in [1.29, 1.82) is 0 Å². The van der Waals surface area contributed by atoms with Crippen LogP contribution in [0.15, 0.2) is 115 Å². The summed E-state index contributed by atoms with van der Waals surface area (Å²) in [5.74, 6) is 1.32. The fourth-order valence-electron chi connectivity index (χ4n) is 4.92. The molecule has 0 radical (unpaired) electrons. The van der Waals surface area contributed by atoms with Crippen molar-refractivity contribution < 1.29 is 5.11 Å². The maximum atomic E-state index is 9.83. The molecule has 0 spiro atoms. The van der Waals surface area contributed by atoms with Crippen LogP contribution in [0.3, 0.4) is 0 Å². The molecular formula is C34H35N3O. The quantitative estimate of drug-likeness (QED) is 0.200. The van der Waals surface area contributed by atoms with Crippen LogP contribution in [-0.4, -0.2) is 19.6 Å². The highest BCUT2D eigenvalue weighted by Gasteiger charge is 2.22. The number of aromatic nitrogens is 2. The minimum absolute atomic E-state index is 0.292. The van der Waals surface area contributed by atoms with Crippen molar-refractivity contribution in [2.24, 2.45) is 0 Å². The van der Waals surface area contributed by atoms with Gasteiger partial charge in [0, 0.05) is 37.3 Å². The molecule has 1 heterocycles. The Morgan fingerprint density at radius 3 is 1.82 bits per heavy atom. The number of benzene rings is 4. The van der Waals surface area contributed by atoms with Gasteiger partial charge >= 0.3 is 0 Å². The average Bonchev–Trinajstić information content (AvgIpc) is 3.32. The monoisotopic (exact) mass is 501 g/mol. The molecule has 0 atom stereocenters. The Balaban J connectivity index is 1.60. The van der Waals surface area contributed by atoms with E-state index in [-0.39, 0.29) is 0 Å². The normalized spacial score (nSPS) is 11.2. The molecular weight excluding hydrogens is 466 g/mol. The zero-order valence-electron chi connectivity index (χ0n) is 22.0. The SMILES string of the molecule is CCCCn1c(-c2ccccc2)nc(-c2ccccc2)c1CN(Cc1ccccc1)Cc1ccc(O)cc1. The largest absolute Gasteiger partial charge is 0.508 e. The van der Waals surface area contributed by atoms with Crippen molar-refractivity contribution in [3.05, 3.63) is 132 Å². The number of unbranched alkanes of at least 4 members (excludes halogenated alkanes) is 1. The van der Waals surface area contributed by atoms with Gasteiger partial charge in [0.15, 0.2) is 0 Å². The molecule has 4 nitrogen and oxygen atoms in total. The Morgan fingerprint density at radius 1 is 0.658 bits per heavy atom. The van der Waals surface area contributed by atoms with Gasteiger partial charge in [0.2, 0.25) is 0 Å². The Labute approximate surface area is 225 Å². The summed E-state index contributed by atoms with van der Waals surface area (Å²) < 4.78 is 2.44. The molecule has 0 fully saturated rings. The van der Waals surface area contributed by atoms with E-state index in [1.54, 1.807) is 12.1 Å². The number of phenolic OH excluding ortho intramolecular Hbond substituents is 1. The third-order valence-corrected chi connectivity index (χ3v) is 6.85. The van der Waals surface area contributed by atoms with Crippen LogP contribution in [0.2, 0.25) is 0 Å². The van der Waals surface area contributed by atoms with Crippen molar-refractivity contribution in [2.75, 3.05) is 0 Å². The number of nitrogens with zero attached hydrogens (tertiary/aromatic N) is 3. The van der Waals surface area contributed by atoms with Crippen molar-refractivity contribution in [2.45, 2.75) is 45.9 Å². The van der Waals surface area contributed by atoms with E-state index >= 15 is 0 Å². The molecule has 0 amide bonds. The van der Waals surface area contributed by atoms with E-state index in [0.29, 0.717) is 5.75 Å². The number of hydrogen-bond acceptors (Lipinski definition) is 3. The summed E-state index contributed by atoms with van der Waals surface area (Å²) in [6.07, 6.45) is 2.21. The molecule has 4 aromatic carbocycles. The molecule has 0 aliphatic rings. The Hall–Kier alpha value is -4.15. The molecule has 1 aromatic heterocycles. The molecule has 0 bridgehead atoms. The van der Waals surface area contributed by atoms with Gasteiger partial charge in [-0.1, -0.05) is 116 Å². The van der Waals surface area contributed by atoms with Crippen LogP contribution in [0, 0.1) is 0 Å². The third-order valence-electron chi connectivity index (χ3n) is 6.85. The zero-order chi connectivity index (χ0) is 26.2. The van der Waals surface area contributed by atoms with Crippen molar-refractivity contribution in [1.82, 2.24) is 14.5 Å². The Morgan fingerprint density at radius 2 is 1.21 bits per heavy atom. The first kappa shape index (κ1) is 25.5. The van der Waals surface area contributed by atoms with Crippen LogP contribution in [0.4, 0.5) is 0 Å². The second-order valence-electron chi connectivity index (χ2n) is 9.77. The smallest absolute Gasteiger partial charge is 0.140 e. The fourth-order valence-corrected chi connectivity index (χ4v) is 4.92. The molecule has 0 unspecified atom stereocenters. The van der Waals surface area contributed by atoms with Crippen LogP contribution in [-0.2, 0) is 26.2 Å². The lowest BCUT2D eigenvalue weighted by molar-refractivity contribution is 0.241. The van der Waals surface area contributed by atoms with Gasteiger partial charge in [-0.25, -0.2) is 4.98 Å². The number of phenols is 1. The van der Waals surface area contributed by atoms with Gasteiger partial charge < -0.3 is 9.67 Å². The molecule has 4 heteroatoms. The zero-order valence-corrected chi connectivity index (χ0v) is 22.0. The van der Waals surface area contributed by atoms with Crippen LogP contribution < -0.4 is 0 Å². The predicted molar refractivity (Wildman–Crippen MR) is 156 cm³/mol. The van der Waals surface area contributed by atoms with E-state index in [2.05, 4.69) is 107 Å². The highest BCUT2D eigenvalue weighted by atomic mass is 16.3. The number of aromatic hydroxyl groups is 1. The van der Waals surface area contributed by atoms with Crippen molar-refractivity contribution in [3.63, 3.8) is 0 Å². The molecule has 5 aromatic rings. The van der Waals surface area contributed by atoms with Gasteiger partial charge in [0.25, 0.3) is 0 Å². The van der Waals surface area contributed by atoms with Gasteiger partial charge in [-0.15, -0.1) is 0 Å². The summed E-state index contributed by atoms with van der Waals surface area (Å²) >= 11 is 0. The minimum Gasteiger partial charge on any atom is -0.508 e. The molecule has 0 saturated heterocycles. The summed E-state index contributed by atoms with van der Waals surface area (Å²) in [5.41, 5.74) is 7.00. The standard InChI is InChI=1S/C34H35N3O/c1-2-3-23-37-32(33(29-15-9-5-10-16-29)35-34(37)30-17-11-6-12-18-30)26-36(24-27-13-7-4-8-14-27)25-28-19-21-31(38)22-20-28/h4-22,38H,2-3,23-26H2,1H3. The number of imidazole rings is 1. The second kappa shape index (κ2) is 12.4.